The number of carbonyl (C=O) groups excluding carboxylic acids is 3. The number of amides is 4. The minimum atomic E-state index is -0.713. The van der Waals surface area contributed by atoms with Crippen LogP contribution in [0.3, 0.4) is 0 Å². The van der Waals surface area contributed by atoms with Gasteiger partial charge in [0.2, 0.25) is 0 Å². The summed E-state index contributed by atoms with van der Waals surface area (Å²) < 4.78 is 4.78. The maximum atomic E-state index is 11.0. The zero-order chi connectivity index (χ0) is 16.1. The Morgan fingerprint density at radius 2 is 1.75 bits per heavy atom. The fourth-order valence-corrected chi connectivity index (χ4v) is 0.746. The molecule has 112 valence electrons. The van der Waals surface area contributed by atoms with Crippen molar-refractivity contribution in [3.05, 3.63) is 12.2 Å². The fraction of sp³-hybridized carbons (Fsp3) is 0.417. The van der Waals surface area contributed by atoms with Crippen LogP contribution in [0.25, 0.3) is 0 Å². The van der Waals surface area contributed by atoms with Gasteiger partial charge in [0.25, 0.3) is 0 Å². The second-order valence-corrected chi connectivity index (χ2v) is 3.39. The lowest BCUT2D eigenvalue weighted by Crippen LogP contribution is -2.34. The lowest BCUT2D eigenvalue weighted by Gasteiger charge is -2.12. The number of urea groups is 2. The molecule has 20 heavy (non-hydrogen) atoms. The van der Waals surface area contributed by atoms with Crippen LogP contribution in [-0.2, 0) is 9.53 Å². The predicted octanol–water partition coefficient (Wildman–Crippen LogP) is 1.41. The first kappa shape index (κ1) is 19.8. The summed E-state index contributed by atoms with van der Waals surface area (Å²) in [5.74, 6) is -0.543. The van der Waals surface area contributed by atoms with Crippen LogP contribution in [0.2, 0.25) is 0 Å². The molecule has 0 aliphatic rings. The van der Waals surface area contributed by atoms with Gasteiger partial charge in [-0.3, -0.25) is 0 Å². The Labute approximate surface area is 117 Å². The van der Waals surface area contributed by atoms with E-state index < -0.39 is 24.3 Å². The normalized spacial score (nSPS) is 11.4. The van der Waals surface area contributed by atoms with Crippen LogP contribution in [0.4, 0.5) is 9.59 Å². The first-order valence-corrected chi connectivity index (χ1v) is 5.68. The van der Waals surface area contributed by atoms with E-state index in [4.69, 9.17) is 4.74 Å². The minimum Gasteiger partial charge on any atom is -0.439 e. The van der Waals surface area contributed by atoms with Crippen LogP contribution in [0.15, 0.2) is 22.1 Å². The highest BCUT2D eigenvalue weighted by atomic mass is 16.6. The third kappa shape index (κ3) is 13.6. The van der Waals surface area contributed by atoms with E-state index in [1.165, 1.54) is 26.3 Å². The molecule has 0 saturated carbocycles. The van der Waals surface area contributed by atoms with Gasteiger partial charge < -0.3 is 15.8 Å². The monoisotopic (exact) mass is 284 g/mol. The summed E-state index contributed by atoms with van der Waals surface area (Å²) in [6.07, 6.45) is 1.99. The maximum Gasteiger partial charge on any atom is 0.343 e. The van der Waals surface area contributed by atoms with E-state index in [9.17, 15) is 14.4 Å². The number of carbonyl (C=O) groups is 3. The summed E-state index contributed by atoms with van der Waals surface area (Å²) in [4.78, 5) is 38.1. The smallest absolute Gasteiger partial charge is 0.343 e. The fourth-order valence-electron chi connectivity index (χ4n) is 0.746. The third-order valence-corrected chi connectivity index (χ3v) is 1.46. The molecule has 0 bridgehead atoms. The van der Waals surface area contributed by atoms with Gasteiger partial charge in [0.05, 0.1) is 0 Å². The summed E-state index contributed by atoms with van der Waals surface area (Å²) in [5, 5.41) is 2.35. The van der Waals surface area contributed by atoms with Crippen LogP contribution in [0.1, 0.15) is 27.7 Å². The summed E-state index contributed by atoms with van der Waals surface area (Å²) in [7, 11) is 0. The Kier molecular flexibility index (Phi) is 11.5. The largest absolute Gasteiger partial charge is 0.439 e. The highest BCUT2D eigenvalue weighted by molar-refractivity contribution is 5.87. The van der Waals surface area contributed by atoms with Crippen molar-refractivity contribution < 1.29 is 19.1 Å². The number of primary amides is 1. The van der Waals surface area contributed by atoms with E-state index in [1.807, 2.05) is 0 Å². The van der Waals surface area contributed by atoms with E-state index in [0.717, 1.165) is 0 Å². The Morgan fingerprint density at radius 3 is 2.05 bits per heavy atom. The van der Waals surface area contributed by atoms with Gasteiger partial charge in [0, 0.05) is 18.0 Å². The number of esters is 1. The number of nitrogens with zero attached hydrogens (tertiary/aromatic N) is 2. The maximum absolute atomic E-state index is 11.0. The average Bonchev–Trinajstić information content (AvgIpc) is 2.29. The SMILES string of the molecule is C/C=N/C(N)=O.C=C(C)C(=O)OC(C)NC(=O)/N=C/C. The van der Waals surface area contributed by atoms with Crippen LogP contribution in [-0.4, -0.2) is 36.7 Å². The molecular weight excluding hydrogens is 264 g/mol. The molecule has 0 aliphatic carbocycles. The quantitative estimate of drug-likeness (QED) is 0.352. The van der Waals surface area contributed by atoms with Crippen molar-refractivity contribution in [1.29, 1.82) is 0 Å². The van der Waals surface area contributed by atoms with Gasteiger partial charge in [-0.2, -0.15) is 0 Å². The molecule has 0 rings (SSSR count). The number of nitrogens with two attached hydrogens (primary N) is 1. The molecule has 8 heteroatoms. The molecule has 1 atom stereocenters. The summed E-state index contributed by atoms with van der Waals surface area (Å²) in [5.41, 5.74) is 4.85. The summed E-state index contributed by atoms with van der Waals surface area (Å²) >= 11 is 0. The Hall–Kier alpha value is -2.51. The second kappa shape index (κ2) is 11.6. The van der Waals surface area contributed by atoms with Gasteiger partial charge in [0.1, 0.15) is 0 Å². The molecule has 3 N–H and O–H groups in total. The Balaban J connectivity index is 0. The van der Waals surface area contributed by atoms with Gasteiger partial charge in [-0.05, 0) is 27.7 Å². The number of hydrogen-bond acceptors (Lipinski definition) is 4. The number of rotatable bonds is 3. The first-order valence-electron chi connectivity index (χ1n) is 5.68. The van der Waals surface area contributed by atoms with Crippen molar-refractivity contribution >= 4 is 30.5 Å². The molecule has 0 saturated heterocycles. The van der Waals surface area contributed by atoms with Crippen LogP contribution >= 0.6 is 0 Å². The first-order chi connectivity index (χ1) is 9.24. The molecule has 4 amide bonds. The zero-order valence-corrected chi connectivity index (χ0v) is 12.0. The standard InChI is InChI=1S/C9H14N2O3.C3H6N2O/c1-5-10-9(13)11-7(4)14-8(12)6(2)3;1-2-5-3(4)6/h5,7H,2H2,1,3-4H3,(H,11,13);2H,1H3,(H2,4,6)/b10-5+;5-2+. The molecule has 8 nitrogen and oxygen atoms in total. The molecule has 0 fully saturated rings. The van der Waals surface area contributed by atoms with Crippen molar-refractivity contribution in [2.75, 3.05) is 0 Å². The van der Waals surface area contributed by atoms with Crippen molar-refractivity contribution in [2.45, 2.75) is 33.9 Å². The Bertz CT molecular complexity index is 416. The average molecular weight is 284 g/mol. The van der Waals surface area contributed by atoms with Gasteiger partial charge in [0.15, 0.2) is 6.23 Å². The highest BCUT2D eigenvalue weighted by Crippen LogP contribution is 1.95. The number of ether oxygens (including phenoxy) is 1. The third-order valence-electron chi connectivity index (χ3n) is 1.46. The second-order valence-electron chi connectivity index (χ2n) is 3.39. The zero-order valence-electron chi connectivity index (χ0n) is 12.0. The molecule has 0 aliphatic heterocycles. The number of nitrogens with one attached hydrogen (secondary N) is 1. The van der Waals surface area contributed by atoms with Crippen molar-refractivity contribution in [3.8, 4) is 0 Å². The molecule has 0 heterocycles. The molecule has 0 aromatic rings. The predicted molar refractivity (Wildman–Crippen MR) is 76.8 cm³/mol. The Morgan fingerprint density at radius 1 is 1.25 bits per heavy atom. The summed E-state index contributed by atoms with van der Waals surface area (Å²) in [6, 6.07) is -1.19. The van der Waals surface area contributed by atoms with E-state index in [1.54, 1.807) is 13.8 Å². The van der Waals surface area contributed by atoms with E-state index in [0.29, 0.717) is 0 Å². The number of hydrogen-bond donors (Lipinski definition) is 2. The van der Waals surface area contributed by atoms with Crippen molar-refractivity contribution in [1.82, 2.24) is 5.32 Å². The minimum absolute atomic E-state index is 0.282. The highest BCUT2D eigenvalue weighted by Gasteiger charge is 2.11. The summed E-state index contributed by atoms with van der Waals surface area (Å²) in [6.45, 7) is 9.71. The molecule has 0 radical (unpaired) electrons. The lowest BCUT2D eigenvalue weighted by molar-refractivity contribution is -0.144. The van der Waals surface area contributed by atoms with Gasteiger partial charge in [-0.15, -0.1) is 0 Å². The van der Waals surface area contributed by atoms with Gasteiger partial charge in [-0.1, -0.05) is 6.58 Å². The molecular formula is C12H20N4O4. The molecule has 0 aromatic heterocycles. The van der Waals surface area contributed by atoms with Crippen LogP contribution in [0.5, 0.6) is 0 Å². The van der Waals surface area contributed by atoms with E-state index in [2.05, 4.69) is 27.6 Å². The molecule has 1 unspecified atom stereocenters. The van der Waals surface area contributed by atoms with Crippen LogP contribution in [0, 0.1) is 0 Å². The van der Waals surface area contributed by atoms with Crippen LogP contribution < -0.4 is 11.1 Å². The van der Waals surface area contributed by atoms with Crippen molar-refractivity contribution in [2.24, 2.45) is 15.7 Å². The lowest BCUT2D eigenvalue weighted by atomic mass is 10.4. The van der Waals surface area contributed by atoms with E-state index in [-0.39, 0.29) is 5.57 Å². The van der Waals surface area contributed by atoms with E-state index >= 15 is 0 Å². The topological polar surface area (TPSA) is 123 Å². The number of aliphatic imine (C=N–C) groups is 2. The molecule has 0 aromatic carbocycles. The van der Waals surface area contributed by atoms with Gasteiger partial charge in [-0.25, -0.2) is 24.4 Å². The van der Waals surface area contributed by atoms with Crippen molar-refractivity contribution in [3.63, 3.8) is 0 Å². The van der Waals surface area contributed by atoms with Gasteiger partial charge >= 0.3 is 18.0 Å². The molecule has 0 spiro atoms.